The molecule has 3 aromatic carbocycles. The number of rotatable bonds is 7. The SMILES string of the molecule is Cc1ccccc1NC(=O)COc1ccc(/C=C(/C#N)C(=O)Nc2ccccc2)cc1. The summed E-state index contributed by atoms with van der Waals surface area (Å²) in [5.74, 6) is -0.242. The number of hydrogen-bond donors (Lipinski definition) is 2. The van der Waals surface area contributed by atoms with Gasteiger partial charge < -0.3 is 15.4 Å². The summed E-state index contributed by atoms with van der Waals surface area (Å²) < 4.78 is 5.52. The van der Waals surface area contributed by atoms with Crippen molar-refractivity contribution in [3.8, 4) is 11.8 Å². The fraction of sp³-hybridized carbons (Fsp3) is 0.0800. The minimum Gasteiger partial charge on any atom is -0.484 e. The van der Waals surface area contributed by atoms with E-state index in [-0.39, 0.29) is 18.1 Å². The maximum absolute atomic E-state index is 12.3. The molecule has 0 spiro atoms. The summed E-state index contributed by atoms with van der Waals surface area (Å²) in [6, 6.07) is 25.1. The minimum absolute atomic E-state index is 0.0184. The van der Waals surface area contributed by atoms with E-state index in [1.54, 1.807) is 48.5 Å². The number of aryl methyl sites for hydroxylation is 1. The maximum atomic E-state index is 12.3. The largest absolute Gasteiger partial charge is 0.484 e. The van der Waals surface area contributed by atoms with E-state index in [9.17, 15) is 14.9 Å². The van der Waals surface area contributed by atoms with Gasteiger partial charge in [0.1, 0.15) is 17.4 Å². The smallest absolute Gasteiger partial charge is 0.266 e. The highest BCUT2D eigenvalue weighted by molar-refractivity contribution is 6.09. The van der Waals surface area contributed by atoms with Crippen LogP contribution in [-0.2, 0) is 9.59 Å². The molecule has 6 heteroatoms. The van der Waals surface area contributed by atoms with E-state index in [4.69, 9.17) is 4.74 Å². The van der Waals surface area contributed by atoms with Crippen LogP contribution in [-0.4, -0.2) is 18.4 Å². The minimum atomic E-state index is -0.484. The average Bonchev–Trinajstić information content (AvgIpc) is 2.79. The summed E-state index contributed by atoms with van der Waals surface area (Å²) in [6.45, 7) is 1.78. The fourth-order valence-electron chi connectivity index (χ4n) is 2.74. The Morgan fingerprint density at radius 2 is 1.61 bits per heavy atom. The van der Waals surface area contributed by atoms with Gasteiger partial charge in [0.25, 0.3) is 11.8 Å². The number of anilines is 2. The standard InChI is InChI=1S/C25H21N3O3/c1-18-7-5-6-10-23(18)28-24(29)17-31-22-13-11-19(12-14-22)15-20(16-26)25(30)27-21-8-3-2-4-9-21/h2-15H,17H2,1H3,(H,27,30)(H,28,29)/b20-15-. The van der Waals surface area contributed by atoms with E-state index in [0.29, 0.717) is 17.0 Å². The van der Waals surface area contributed by atoms with Crippen molar-refractivity contribution < 1.29 is 14.3 Å². The maximum Gasteiger partial charge on any atom is 0.266 e. The van der Waals surface area contributed by atoms with Crippen molar-refractivity contribution in [1.29, 1.82) is 5.26 Å². The van der Waals surface area contributed by atoms with Crippen LogP contribution >= 0.6 is 0 Å². The Bertz CT molecular complexity index is 1130. The van der Waals surface area contributed by atoms with Gasteiger partial charge in [-0.2, -0.15) is 5.26 Å². The van der Waals surface area contributed by atoms with Crippen molar-refractivity contribution in [3.05, 3.63) is 95.6 Å². The van der Waals surface area contributed by atoms with E-state index in [0.717, 1.165) is 11.3 Å². The molecule has 2 amide bonds. The van der Waals surface area contributed by atoms with Gasteiger partial charge in [-0.1, -0.05) is 48.5 Å². The normalized spacial score (nSPS) is 10.6. The van der Waals surface area contributed by atoms with Crippen molar-refractivity contribution in [3.63, 3.8) is 0 Å². The number of carbonyl (C=O) groups is 2. The van der Waals surface area contributed by atoms with Gasteiger partial charge in [0, 0.05) is 11.4 Å². The van der Waals surface area contributed by atoms with Gasteiger partial charge >= 0.3 is 0 Å². The molecule has 0 heterocycles. The average molecular weight is 411 g/mol. The summed E-state index contributed by atoms with van der Waals surface area (Å²) >= 11 is 0. The fourth-order valence-corrected chi connectivity index (χ4v) is 2.74. The Kier molecular flexibility index (Phi) is 7.17. The van der Waals surface area contributed by atoms with Crippen LogP contribution < -0.4 is 15.4 Å². The Hall–Kier alpha value is -4.37. The molecule has 0 aromatic heterocycles. The third-order valence-corrected chi connectivity index (χ3v) is 4.38. The third kappa shape index (κ3) is 6.31. The second kappa shape index (κ2) is 10.4. The molecule has 31 heavy (non-hydrogen) atoms. The second-order valence-corrected chi connectivity index (χ2v) is 6.71. The van der Waals surface area contributed by atoms with Gasteiger partial charge in [-0.15, -0.1) is 0 Å². The molecule has 0 saturated carbocycles. The van der Waals surface area contributed by atoms with Crippen LogP contribution in [0.1, 0.15) is 11.1 Å². The lowest BCUT2D eigenvalue weighted by atomic mass is 10.1. The van der Waals surface area contributed by atoms with Crippen LogP contribution in [0, 0.1) is 18.3 Å². The van der Waals surface area contributed by atoms with Crippen molar-refractivity contribution in [2.75, 3.05) is 17.2 Å². The first-order chi connectivity index (χ1) is 15.0. The number of para-hydroxylation sites is 2. The highest BCUT2D eigenvalue weighted by atomic mass is 16.5. The molecular formula is C25H21N3O3. The Morgan fingerprint density at radius 1 is 0.935 bits per heavy atom. The topological polar surface area (TPSA) is 91.2 Å². The van der Waals surface area contributed by atoms with Gasteiger partial charge in [0.2, 0.25) is 0 Å². The van der Waals surface area contributed by atoms with Crippen LogP contribution in [0.4, 0.5) is 11.4 Å². The van der Waals surface area contributed by atoms with Crippen molar-refractivity contribution >= 4 is 29.3 Å². The van der Waals surface area contributed by atoms with Gasteiger partial charge in [-0.05, 0) is 54.5 Å². The number of ether oxygens (including phenoxy) is 1. The molecule has 3 aromatic rings. The Labute approximate surface area is 180 Å². The van der Waals surface area contributed by atoms with Crippen LogP contribution in [0.5, 0.6) is 5.75 Å². The summed E-state index contributed by atoms with van der Waals surface area (Å²) in [5.41, 5.74) is 2.97. The van der Waals surface area contributed by atoms with Crippen LogP contribution in [0.25, 0.3) is 6.08 Å². The van der Waals surface area contributed by atoms with E-state index >= 15 is 0 Å². The first-order valence-corrected chi connectivity index (χ1v) is 9.61. The molecule has 0 saturated heterocycles. The Balaban J connectivity index is 1.57. The predicted octanol–water partition coefficient (Wildman–Crippen LogP) is 4.56. The third-order valence-electron chi connectivity index (χ3n) is 4.38. The number of benzene rings is 3. The summed E-state index contributed by atoms with van der Waals surface area (Å²) in [6.07, 6.45) is 1.49. The molecule has 2 N–H and O–H groups in total. The molecule has 0 aliphatic carbocycles. The number of hydrogen-bond acceptors (Lipinski definition) is 4. The van der Waals surface area contributed by atoms with Crippen molar-refractivity contribution in [2.24, 2.45) is 0 Å². The number of carbonyl (C=O) groups excluding carboxylic acids is 2. The molecule has 0 aliphatic heterocycles. The van der Waals surface area contributed by atoms with Gasteiger partial charge in [-0.25, -0.2) is 0 Å². The van der Waals surface area contributed by atoms with Crippen LogP contribution in [0.15, 0.2) is 84.4 Å². The number of nitrogens with one attached hydrogen (secondary N) is 2. The molecular weight excluding hydrogens is 390 g/mol. The molecule has 154 valence electrons. The molecule has 0 radical (unpaired) electrons. The lowest BCUT2D eigenvalue weighted by molar-refractivity contribution is -0.118. The molecule has 3 rings (SSSR count). The monoisotopic (exact) mass is 411 g/mol. The summed E-state index contributed by atoms with van der Waals surface area (Å²) in [7, 11) is 0. The Morgan fingerprint density at radius 3 is 2.29 bits per heavy atom. The first-order valence-electron chi connectivity index (χ1n) is 9.61. The highest BCUT2D eigenvalue weighted by Gasteiger charge is 2.10. The van der Waals surface area contributed by atoms with E-state index in [2.05, 4.69) is 10.6 Å². The number of nitriles is 1. The molecule has 0 bridgehead atoms. The molecule has 0 unspecified atom stereocenters. The van der Waals surface area contributed by atoms with Gasteiger partial charge in [-0.3, -0.25) is 9.59 Å². The molecule has 6 nitrogen and oxygen atoms in total. The zero-order valence-electron chi connectivity index (χ0n) is 17.0. The molecule has 0 aliphatic rings. The predicted molar refractivity (Wildman–Crippen MR) is 120 cm³/mol. The van der Waals surface area contributed by atoms with Crippen molar-refractivity contribution in [2.45, 2.75) is 6.92 Å². The quantitative estimate of drug-likeness (QED) is 0.440. The van der Waals surface area contributed by atoms with E-state index < -0.39 is 5.91 Å². The van der Waals surface area contributed by atoms with Crippen LogP contribution in [0.2, 0.25) is 0 Å². The highest BCUT2D eigenvalue weighted by Crippen LogP contribution is 2.17. The zero-order chi connectivity index (χ0) is 22.1. The number of amides is 2. The van der Waals surface area contributed by atoms with Gasteiger partial charge in [0.15, 0.2) is 6.61 Å². The first kappa shape index (κ1) is 21.3. The lowest BCUT2D eigenvalue weighted by Crippen LogP contribution is -2.20. The molecule has 0 atom stereocenters. The van der Waals surface area contributed by atoms with Gasteiger partial charge in [0.05, 0.1) is 0 Å². The second-order valence-electron chi connectivity index (χ2n) is 6.71. The van der Waals surface area contributed by atoms with E-state index in [1.165, 1.54) is 6.08 Å². The molecule has 0 fully saturated rings. The summed E-state index contributed by atoms with van der Waals surface area (Å²) in [5, 5.41) is 14.8. The van der Waals surface area contributed by atoms with Crippen LogP contribution in [0.3, 0.4) is 0 Å². The summed E-state index contributed by atoms with van der Waals surface area (Å²) in [4.78, 5) is 24.4. The number of nitrogens with zero attached hydrogens (tertiary/aromatic N) is 1. The zero-order valence-corrected chi connectivity index (χ0v) is 17.0. The van der Waals surface area contributed by atoms with E-state index in [1.807, 2.05) is 43.3 Å². The lowest BCUT2D eigenvalue weighted by Gasteiger charge is -2.09. The van der Waals surface area contributed by atoms with Crippen molar-refractivity contribution in [1.82, 2.24) is 0 Å².